The first-order valence-electron chi connectivity index (χ1n) is 14.4. The zero-order valence-corrected chi connectivity index (χ0v) is 25.3. The maximum Gasteiger partial charge on any atom is 0.216 e. The monoisotopic (exact) mass is 663 g/mol. The minimum atomic E-state index is -1.82. The molecule has 2 aliphatic rings. The number of amides is 1. The summed E-state index contributed by atoms with van der Waals surface area (Å²) >= 11 is 0. The summed E-state index contributed by atoms with van der Waals surface area (Å²) in [5.74, 6) is -0.510. The number of carbonyl (C=O) groups is 1. The molecule has 0 saturated carbocycles. The van der Waals surface area contributed by atoms with Crippen LogP contribution in [0.5, 0.6) is 0 Å². The highest BCUT2D eigenvalue weighted by molar-refractivity contribution is 5.72. The molecular weight excluding hydrogens is 614 g/mol. The van der Waals surface area contributed by atoms with Gasteiger partial charge in [-0.3, -0.25) is 4.79 Å². The number of rotatable bonds is 18. The molecule has 15 atom stereocenters. The van der Waals surface area contributed by atoms with Crippen molar-refractivity contribution in [2.45, 2.75) is 107 Å². The largest absolute Gasteiger partial charge is 0.396 e. The van der Waals surface area contributed by atoms with Gasteiger partial charge in [0, 0.05) is 13.5 Å². The van der Waals surface area contributed by atoms with E-state index in [0.717, 1.165) is 0 Å². The molecule has 0 bridgehead atoms. The molecule has 45 heavy (non-hydrogen) atoms. The van der Waals surface area contributed by atoms with Gasteiger partial charge in [0.2, 0.25) is 5.91 Å². The first-order valence-corrected chi connectivity index (χ1v) is 14.4. The molecule has 15 unspecified atom stereocenters. The van der Waals surface area contributed by atoms with Crippen LogP contribution in [0, 0.1) is 5.41 Å². The number of carbonyl (C=O) groups excluding carboxylic acids is 1. The number of ether oxygens (including phenoxy) is 6. The lowest BCUT2D eigenvalue weighted by atomic mass is 9.90. The Morgan fingerprint density at radius 1 is 0.911 bits per heavy atom. The molecule has 19 nitrogen and oxygen atoms in total. The molecule has 0 radical (unpaired) electrons. The summed E-state index contributed by atoms with van der Waals surface area (Å²) in [6.07, 6.45) is -21.1. The van der Waals surface area contributed by atoms with Gasteiger partial charge in [-0.1, -0.05) is 0 Å². The fourth-order valence-corrected chi connectivity index (χ4v) is 4.63. The summed E-state index contributed by atoms with van der Waals surface area (Å²) in [4.78, 5) is 11.8. The van der Waals surface area contributed by atoms with Crippen LogP contribution < -0.4 is 5.32 Å². The summed E-state index contributed by atoms with van der Waals surface area (Å²) in [5, 5.41) is 113. The van der Waals surface area contributed by atoms with Gasteiger partial charge in [0.25, 0.3) is 0 Å². The van der Waals surface area contributed by atoms with Gasteiger partial charge < -0.3 is 89.9 Å². The third-order valence-electron chi connectivity index (χ3n) is 7.67. The van der Waals surface area contributed by atoms with Crippen LogP contribution in [0.15, 0.2) is 0 Å². The molecule has 1 amide bonds. The lowest BCUT2D eigenvalue weighted by Crippen LogP contribution is -2.60. The highest BCUT2D eigenvalue weighted by Crippen LogP contribution is 2.28. The Balaban J connectivity index is 2.31. The minimum Gasteiger partial charge on any atom is -0.396 e. The van der Waals surface area contributed by atoms with Crippen molar-refractivity contribution in [3.63, 3.8) is 0 Å². The van der Waals surface area contributed by atoms with Crippen molar-refractivity contribution in [3.05, 3.63) is 0 Å². The molecule has 2 fully saturated rings. The second-order valence-corrected chi connectivity index (χ2v) is 11.4. The second-order valence-electron chi connectivity index (χ2n) is 11.4. The highest BCUT2D eigenvalue weighted by Gasteiger charge is 2.47. The molecule has 0 aliphatic carbocycles. The molecule has 2 aliphatic heterocycles. The summed E-state index contributed by atoms with van der Waals surface area (Å²) < 4.78 is 33.4. The first kappa shape index (κ1) is 40.0. The Morgan fingerprint density at radius 3 is 2.13 bits per heavy atom. The molecule has 0 aromatic carbocycles. The van der Waals surface area contributed by atoms with Crippen LogP contribution in [0.4, 0.5) is 0 Å². The van der Waals surface area contributed by atoms with Crippen LogP contribution in [0.25, 0.3) is 0 Å². The smallest absolute Gasteiger partial charge is 0.216 e. The lowest BCUT2D eigenvalue weighted by molar-refractivity contribution is -0.333. The minimum absolute atomic E-state index is 0.309. The Labute approximate surface area is 259 Å². The summed E-state index contributed by atoms with van der Waals surface area (Å²) in [6.45, 7) is -0.463. The number of hydrogen-bond donors (Lipinski definition) is 12. The average Bonchev–Trinajstić information content (AvgIpc) is 3.02. The van der Waals surface area contributed by atoms with E-state index in [0.29, 0.717) is 0 Å². The van der Waals surface area contributed by atoms with E-state index < -0.39 is 137 Å². The van der Waals surface area contributed by atoms with Gasteiger partial charge in [-0.25, -0.2) is 0 Å². The Morgan fingerprint density at radius 2 is 1.58 bits per heavy atom. The molecule has 0 spiro atoms. The van der Waals surface area contributed by atoms with Gasteiger partial charge in [-0.05, 0) is 13.8 Å². The standard InChI is InChI=1S/C26H49NO18/c1-11-17(34)19(36)20(37)25(42-11)43-12(2)24(45-15(5-29)14(33)4-28)41-10-26(8-31,7-27-13(3)32)9-40-22-18(35)16(6-30)44-23(39)21(22)38/h11-12,14-25,28-31,33-39H,4-10H2,1-3H3,(H,27,32). The van der Waals surface area contributed by atoms with Gasteiger partial charge in [0.15, 0.2) is 18.9 Å². The summed E-state index contributed by atoms with van der Waals surface area (Å²) in [6, 6.07) is 0. The quantitative estimate of drug-likeness (QED) is 0.0606. The molecule has 266 valence electrons. The van der Waals surface area contributed by atoms with Crippen LogP contribution in [-0.4, -0.2) is 194 Å². The van der Waals surface area contributed by atoms with Crippen molar-refractivity contribution in [1.82, 2.24) is 5.32 Å². The van der Waals surface area contributed by atoms with Gasteiger partial charge in [-0.2, -0.15) is 0 Å². The van der Waals surface area contributed by atoms with Crippen molar-refractivity contribution >= 4 is 5.91 Å². The van der Waals surface area contributed by atoms with Crippen molar-refractivity contribution in [2.75, 3.05) is 46.2 Å². The fourth-order valence-electron chi connectivity index (χ4n) is 4.63. The van der Waals surface area contributed by atoms with Crippen LogP contribution in [0.3, 0.4) is 0 Å². The normalized spacial score (nSPS) is 36.5. The number of nitrogens with one attached hydrogen (secondary N) is 1. The van der Waals surface area contributed by atoms with Crippen LogP contribution in [-0.2, 0) is 33.2 Å². The fraction of sp³-hybridized carbons (Fsp3) is 0.962. The topological polar surface area (TPSA) is 307 Å². The zero-order chi connectivity index (χ0) is 34.1. The van der Waals surface area contributed by atoms with Crippen LogP contribution >= 0.6 is 0 Å². The zero-order valence-electron chi connectivity index (χ0n) is 25.3. The van der Waals surface area contributed by atoms with E-state index >= 15 is 0 Å². The molecule has 19 heteroatoms. The highest BCUT2D eigenvalue weighted by atomic mass is 16.7. The molecule has 2 heterocycles. The van der Waals surface area contributed by atoms with E-state index in [1.54, 1.807) is 0 Å². The van der Waals surface area contributed by atoms with E-state index in [9.17, 15) is 61.0 Å². The Bertz CT molecular complexity index is 874. The predicted molar refractivity (Wildman–Crippen MR) is 146 cm³/mol. The average molecular weight is 664 g/mol. The number of aliphatic hydroxyl groups is 11. The second kappa shape index (κ2) is 18.4. The van der Waals surface area contributed by atoms with E-state index in [4.69, 9.17) is 28.4 Å². The van der Waals surface area contributed by atoms with E-state index in [1.165, 1.54) is 20.8 Å². The Kier molecular flexibility index (Phi) is 16.3. The van der Waals surface area contributed by atoms with E-state index in [1.807, 2.05) is 0 Å². The summed E-state index contributed by atoms with van der Waals surface area (Å²) in [5.41, 5.74) is -1.55. The Hall–Kier alpha value is -1.21. The predicted octanol–water partition coefficient (Wildman–Crippen LogP) is -6.78. The maximum absolute atomic E-state index is 11.8. The van der Waals surface area contributed by atoms with E-state index in [-0.39, 0.29) is 6.54 Å². The van der Waals surface area contributed by atoms with Gasteiger partial charge in [-0.15, -0.1) is 0 Å². The van der Waals surface area contributed by atoms with Crippen molar-refractivity contribution in [2.24, 2.45) is 5.41 Å². The van der Waals surface area contributed by atoms with Gasteiger partial charge >= 0.3 is 0 Å². The molecule has 2 rings (SSSR count). The van der Waals surface area contributed by atoms with Gasteiger partial charge in [0.1, 0.15) is 61.0 Å². The summed E-state index contributed by atoms with van der Waals surface area (Å²) in [7, 11) is 0. The number of hydrogen-bond acceptors (Lipinski definition) is 18. The first-order chi connectivity index (χ1) is 21.1. The van der Waals surface area contributed by atoms with Crippen LogP contribution in [0.2, 0.25) is 0 Å². The molecule has 2 saturated heterocycles. The SMILES string of the molecule is CC(=O)NCC(CO)(COC(OC(CO)C(O)CO)C(C)OC1OC(C)C(O)C(O)C1O)COC1C(O)C(O)OC(CO)C1O. The molecular formula is C26H49NO18. The van der Waals surface area contributed by atoms with Crippen LogP contribution in [0.1, 0.15) is 20.8 Å². The van der Waals surface area contributed by atoms with Crippen molar-refractivity contribution in [3.8, 4) is 0 Å². The lowest BCUT2D eigenvalue weighted by Gasteiger charge is -2.42. The van der Waals surface area contributed by atoms with Crippen molar-refractivity contribution < 1.29 is 89.4 Å². The van der Waals surface area contributed by atoms with Crippen molar-refractivity contribution in [1.29, 1.82) is 0 Å². The molecule has 12 N–H and O–H groups in total. The van der Waals surface area contributed by atoms with E-state index in [2.05, 4.69) is 5.32 Å². The third kappa shape index (κ3) is 10.6. The third-order valence-corrected chi connectivity index (χ3v) is 7.67. The maximum atomic E-state index is 11.8. The number of aliphatic hydroxyl groups excluding tert-OH is 11. The molecule has 0 aromatic heterocycles. The van der Waals surface area contributed by atoms with Gasteiger partial charge in [0.05, 0.1) is 51.2 Å². The molecule has 0 aromatic rings.